The molecule has 3 rings (SSSR count). The predicted molar refractivity (Wildman–Crippen MR) is 68.6 cm³/mol. The molecule has 2 bridgehead atoms. The van der Waals surface area contributed by atoms with Crippen LogP contribution in [-0.2, 0) is 0 Å². The number of piperidine rings is 3. The van der Waals surface area contributed by atoms with Crippen LogP contribution in [-0.4, -0.2) is 49.1 Å². The number of fused-ring (bicyclic) bond motifs is 3. The van der Waals surface area contributed by atoms with Crippen LogP contribution in [0.15, 0.2) is 0 Å². The number of nitrogens with one attached hydrogen (secondary N) is 1. The van der Waals surface area contributed by atoms with Crippen molar-refractivity contribution in [3.8, 4) is 0 Å². The first-order valence-electron chi connectivity index (χ1n) is 6.35. The first-order chi connectivity index (χ1) is 7.40. The first-order valence-corrected chi connectivity index (χ1v) is 7.74. The van der Waals surface area contributed by atoms with Gasteiger partial charge < -0.3 is 10.2 Å². The van der Waals surface area contributed by atoms with E-state index in [1.807, 2.05) is 11.8 Å². The van der Waals surface area contributed by atoms with Gasteiger partial charge in [0.15, 0.2) is 0 Å². The summed E-state index contributed by atoms with van der Waals surface area (Å²) < 4.78 is 0. The van der Waals surface area contributed by atoms with Gasteiger partial charge in [-0.05, 0) is 63.2 Å². The third kappa shape index (κ3) is 3.36. The van der Waals surface area contributed by atoms with Gasteiger partial charge >= 0.3 is 0 Å². The molecule has 1 N–H and O–H groups in total. The molecule has 3 heteroatoms. The Labute approximate surface area is 98.2 Å². The summed E-state index contributed by atoms with van der Waals surface area (Å²) in [6.07, 6.45) is 7.78. The molecule has 1 atom stereocenters. The molecule has 3 aliphatic heterocycles. The Hall–Kier alpha value is 0.270. The zero-order chi connectivity index (χ0) is 10.5. The average molecular weight is 228 g/mol. The lowest BCUT2D eigenvalue weighted by molar-refractivity contribution is 0.0728. The Bertz CT molecular complexity index is 178. The number of unbranched alkanes of at least 4 members (excludes halogenated alkanes) is 1. The smallest absolute Gasteiger partial charge is 0.0224 e. The molecule has 0 aromatic rings. The number of thioether (sulfide) groups is 1. The summed E-state index contributed by atoms with van der Waals surface area (Å²) in [5.74, 6) is 2.30. The lowest BCUT2D eigenvalue weighted by Crippen LogP contribution is -2.56. The Morgan fingerprint density at radius 1 is 1.27 bits per heavy atom. The van der Waals surface area contributed by atoms with E-state index in [0.717, 1.165) is 12.0 Å². The molecule has 88 valence electrons. The molecule has 15 heavy (non-hydrogen) atoms. The molecule has 2 nitrogen and oxygen atoms in total. The quantitative estimate of drug-likeness (QED) is 0.698. The minimum atomic E-state index is 0.807. The molecular formula is C12H24N2S. The zero-order valence-corrected chi connectivity index (χ0v) is 10.7. The van der Waals surface area contributed by atoms with Crippen LogP contribution in [0.3, 0.4) is 0 Å². The molecule has 3 aliphatic rings. The van der Waals surface area contributed by atoms with Gasteiger partial charge in [0.2, 0.25) is 0 Å². The second-order valence-corrected chi connectivity index (χ2v) is 5.88. The maximum absolute atomic E-state index is 3.76. The number of hydrogen-bond acceptors (Lipinski definition) is 3. The van der Waals surface area contributed by atoms with Crippen molar-refractivity contribution in [1.29, 1.82) is 0 Å². The van der Waals surface area contributed by atoms with Crippen LogP contribution in [0.5, 0.6) is 0 Å². The normalized spacial score (nSPS) is 34.6. The predicted octanol–water partition coefficient (Wildman–Crippen LogP) is 1.81. The van der Waals surface area contributed by atoms with Gasteiger partial charge in [-0.15, -0.1) is 0 Å². The molecular weight excluding hydrogens is 204 g/mol. The lowest BCUT2D eigenvalue weighted by atomic mass is 9.84. The second kappa shape index (κ2) is 6.12. The standard InChI is InChI=1S/C12H24N2S/c1-15-9-3-2-6-13-12-10-14-7-4-11(12)5-8-14/h11-13H,2-10H2,1H3. The molecule has 0 aromatic heterocycles. The fraction of sp³-hybridized carbons (Fsp3) is 1.00. The van der Waals surface area contributed by atoms with E-state index in [9.17, 15) is 0 Å². The van der Waals surface area contributed by atoms with Crippen molar-refractivity contribution in [3.05, 3.63) is 0 Å². The van der Waals surface area contributed by atoms with Crippen molar-refractivity contribution in [2.45, 2.75) is 31.7 Å². The van der Waals surface area contributed by atoms with Crippen molar-refractivity contribution in [2.75, 3.05) is 38.2 Å². The fourth-order valence-corrected chi connectivity index (χ4v) is 3.35. The topological polar surface area (TPSA) is 15.3 Å². The molecule has 3 saturated heterocycles. The van der Waals surface area contributed by atoms with Gasteiger partial charge in [0, 0.05) is 12.6 Å². The maximum atomic E-state index is 3.76. The zero-order valence-electron chi connectivity index (χ0n) is 9.87. The molecule has 0 saturated carbocycles. The van der Waals surface area contributed by atoms with E-state index in [1.54, 1.807) is 0 Å². The number of hydrogen-bond donors (Lipinski definition) is 1. The van der Waals surface area contributed by atoms with Gasteiger partial charge in [0.25, 0.3) is 0 Å². The Kier molecular flexibility index (Phi) is 4.79. The summed E-state index contributed by atoms with van der Waals surface area (Å²) >= 11 is 1.96. The number of rotatable bonds is 6. The highest BCUT2D eigenvalue weighted by Crippen LogP contribution is 2.27. The highest BCUT2D eigenvalue weighted by Gasteiger charge is 2.33. The van der Waals surface area contributed by atoms with E-state index in [4.69, 9.17) is 0 Å². The van der Waals surface area contributed by atoms with Gasteiger partial charge in [0.05, 0.1) is 0 Å². The van der Waals surface area contributed by atoms with Crippen molar-refractivity contribution in [3.63, 3.8) is 0 Å². The molecule has 0 spiro atoms. The third-order valence-electron chi connectivity index (χ3n) is 3.84. The highest BCUT2D eigenvalue weighted by molar-refractivity contribution is 7.98. The van der Waals surface area contributed by atoms with Crippen LogP contribution in [0.4, 0.5) is 0 Å². The molecule has 3 fully saturated rings. The molecule has 0 aliphatic carbocycles. The van der Waals surface area contributed by atoms with Gasteiger partial charge in [-0.3, -0.25) is 0 Å². The Balaban J connectivity index is 1.59. The maximum Gasteiger partial charge on any atom is 0.0224 e. The van der Waals surface area contributed by atoms with Crippen LogP contribution in [0.1, 0.15) is 25.7 Å². The van der Waals surface area contributed by atoms with Crippen molar-refractivity contribution in [2.24, 2.45) is 5.92 Å². The molecule has 1 unspecified atom stereocenters. The van der Waals surface area contributed by atoms with E-state index < -0.39 is 0 Å². The Morgan fingerprint density at radius 3 is 2.67 bits per heavy atom. The minimum absolute atomic E-state index is 0.807. The summed E-state index contributed by atoms with van der Waals surface area (Å²) in [4.78, 5) is 2.62. The second-order valence-electron chi connectivity index (χ2n) is 4.90. The molecule has 3 heterocycles. The Morgan fingerprint density at radius 2 is 2.07 bits per heavy atom. The summed E-state index contributed by atoms with van der Waals surface area (Å²) in [5.41, 5.74) is 0. The SMILES string of the molecule is CSCCCCNC1CN2CCC1CC2. The molecule has 0 amide bonds. The van der Waals surface area contributed by atoms with Crippen molar-refractivity contribution < 1.29 is 0 Å². The van der Waals surface area contributed by atoms with Crippen LogP contribution < -0.4 is 5.32 Å². The monoisotopic (exact) mass is 228 g/mol. The van der Waals surface area contributed by atoms with Crippen LogP contribution in [0.25, 0.3) is 0 Å². The third-order valence-corrected chi connectivity index (χ3v) is 4.53. The van der Waals surface area contributed by atoms with Crippen molar-refractivity contribution in [1.82, 2.24) is 10.2 Å². The van der Waals surface area contributed by atoms with Crippen LogP contribution >= 0.6 is 11.8 Å². The van der Waals surface area contributed by atoms with Crippen LogP contribution in [0.2, 0.25) is 0 Å². The summed E-state index contributed by atoms with van der Waals surface area (Å²) in [6.45, 7) is 5.26. The molecule has 0 aromatic carbocycles. The number of nitrogens with zero attached hydrogens (tertiary/aromatic N) is 1. The largest absolute Gasteiger partial charge is 0.312 e. The molecule has 0 radical (unpaired) electrons. The highest BCUT2D eigenvalue weighted by atomic mass is 32.2. The summed E-state index contributed by atoms with van der Waals surface area (Å²) in [6, 6.07) is 0.807. The van der Waals surface area contributed by atoms with E-state index in [2.05, 4.69) is 16.5 Å². The van der Waals surface area contributed by atoms with Crippen LogP contribution in [0, 0.1) is 5.92 Å². The van der Waals surface area contributed by atoms with E-state index >= 15 is 0 Å². The van der Waals surface area contributed by atoms with E-state index in [-0.39, 0.29) is 0 Å². The summed E-state index contributed by atoms with van der Waals surface area (Å²) in [5, 5.41) is 3.76. The van der Waals surface area contributed by atoms with E-state index in [0.29, 0.717) is 0 Å². The summed E-state index contributed by atoms with van der Waals surface area (Å²) in [7, 11) is 0. The average Bonchev–Trinajstić information content (AvgIpc) is 2.30. The van der Waals surface area contributed by atoms with Gasteiger partial charge in [-0.1, -0.05) is 0 Å². The first kappa shape index (κ1) is 11.7. The lowest BCUT2D eigenvalue weighted by Gasteiger charge is -2.45. The van der Waals surface area contributed by atoms with Gasteiger partial charge in [-0.25, -0.2) is 0 Å². The van der Waals surface area contributed by atoms with Gasteiger partial charge in [0.1, 0.15) is 0 Å². The van der Waals surface area contributed by atoms with Gasteiger partial charge in [-0.2, -0.15) is 11.8 Å². The fourth-order valence-electron chi connectivity index (χ4n) is 2.86. The minimum Gasteiger partial charge on any atom is -0.312 e. The van der Waals surface area contributed by atoms with E-state index in [1.165, 1.54) is 57.6 Å². The van der Waals surface area contributed by atoms with Crippen molar-refractivity contribution >= 4 is 11.8 Å².